The summed E-state index contributed by atoms with van der Waals surface area (Å²) < 4.78 is 79.8. The smallest absolute Gasteiger partial charge is 0.397 e. The Morgan fingerprint density at radius 2 is 1.80 bits per heavy atom. The van der Waals surface area contributed by atoms with Gasteiger partial charge in [0.15, 0.2) is 5.82 Å². The Kier molecular flexibility index (Phi) is 10.2. The molecule has 0 saturated heterocycles. The lowest BCUT2D eigenvalue weighted by atomic mass is 10.1. The highest BCUT2D eigenvalue weighted by atomic mass is 35.5. The van der Waals surface area contributed by atoms with Crippen LogP contribution in [0, 0.1) is 5.82 Å². The normalized spacial score (nSPS) is 11.5. The summed E-state index contributed by atoms with van der Waals surface area (Å²) in [6.45, 7) is -2.50. The van der Waals surface area contributed by atoms with Gasteiger partial charge < -0.3 is 16.2 Å². The average molecular weight is 607 g/mol. The van der Waals surface area contributed by atoms with Crippen LogP contribution in [0.25, 0.3) is 22.3 Å². The predicted molar refractivity (Wildman–Crippen MR) is 136 cm³/mol. The highest BCUT2D eigenvalue weighted by Gasteiger charge is 2.36. The van der Waals surface area contributed by atoms with E-state index in [1.807, 2.05) is 0 Å². The SMILES string of the molecule is Nc1cn[nH]c(=O)c1C(F)(F)F.Nc1nc(-c2cc3ncn(CCCCCOC(F)F)c(=O)c3cc2F)ncc1Cl. The van der Waals surface area contributed by atoms with Crippen molar-refractivity contribution >= 4 is 34.0 Å². The van der Waals surface area contributed by atoms with Gasteiger partial charge in [0.1, 0.15) is 22.2 Å². The maximum atomic E-state index is 14.6. The van der Waals surface area contributed by atoms with E-state index in [0.717, 1.165) is 12.3 Å². The monoisotopic (exact) mass is 606 g/mol. The Balaban J connectivity index is 0.000000322. The van der Waals surface area contributed by atoms with Gasteiger partial charge in [-0.25, -0.2) is 24.4 Å². The second-order valence-corrected chi connectivity index (χ2v) is 8.65. The third-order valence-corrected chi connectivity index (χ3v) is 5.67. The largest absolute Gasteiger partial charge is 0.423 e. The van der Waals surface area contributed by atoms with E-state index in [4.69, 9.17) is 23.1 Å². The number of ether oxygens (including phenoxy) is 1. The topological polar surface area (TPSA) is 168 Å². The summed E-state index contributed by atoms with van der Waals surface area (Å²) in [4.78, 5) is 35.3. The minimum absolute atomic E-state index is 0.0125. The first-order valence-corrected chi connectivity index (χ1v) is 11.9. The Bertz CT molecular complexity index is 1630. The Morgan fingerprint density at radius 3 is 2.41 bits per heavy atom. The second-order valence-electron chi connectivity index (χ2n) is 8.24. The number of H-pyrrole nitrogens is 1. The Labute approximate surface area is 231 Å². The minimum Gasteiger partial charge on any atom is -0.397 e. The number of aromatic amines is 1. The van der Waals surface area contributed by atoms with Crippen molar-refractivity contribution in [3.05, 3.63) is 68.0 Å². The number of nitrogens with two attached hydrogens (primary N) is 2. The fourth-order valence-corrected chi connectivity index (χ4v) is 3.55. The molecular formula is C23H21ClF6N8O3. The molecule has 11 nitrogen and oxygen atoms in total. The number of anilines is 2. The summed E-state index contributed by atoms with van der Waals surface area (Å²) in [5.41, 5.74) is 7.06. The lowest BCUT2D eigenvalue weighted by Gasteiger charge is -2.09. The van der Waals surface area contributed by atoms with Gasteiger partial charge in [0.2, 0.25) is 0 Å². The van der Waals surface area contributed by atoms with Crippen LogP contribution in [0.2, 0.25) is 5.02 Å². The molecule has 1 aromatic carbocycles. The third-order valence-electron chi connectivity index (χ3n) is 5.38. The number of nitrogens with one attached hydrogen (secondary N) is 1. The lowest BCUT2D eigenvalue weighted by molar-refractivity contribution is -0.138. The number of unbranched alkanes of at least 4 members (excludes halogenated alkanes) is 2. The van der Waals surface area contributed by atoms with Crippen LogP contribution in [0.3, 0.4) is 0 Å². The maximum Gasteiger partial charge on any atom is 0.423 e. The molecule has 0 fully saturated rings. The van der Waals surface area contributed by atoms with E-state index in [0.29, 0.717) is 25.8 Å². The van der Waals surface area contributed by atoms with E-state index in [2.05, 4.69) is 24.8 Å². The molecule has 0 aliphatic carbocycles. The van der Waals surface area contributed by atoms with E-state index in [1.54, 1.807) is 5.10 Å². The van der Waals surface area contributed by atoms with Crippen LogP contribution in [0.5, 0.6) is 0 Å². The van der Waals surface area contributed by atoms with E-state index < -0.39 is 41.0 Å². The van der Waals surface area contributed by atoms with Crippen LogP contribution in [-0.2, 0) is 17.5 Å². The molecule has 0 aliphatic heterocycles. The second kappa shape index (κ2) is 13.4. The number of aryl methyl sites for hydroxylation is 1. The zero-order valence-electron chi connectivity index (χ0n) is 20.8. The van der Waals surface area contributed by atoms with Crippen molar-refractivity contribution in [2.75, 3.05) is 18.1 Å². The number of hydrogen-bond donors (Lipinski definition) is 3. The molecule has 0 spiro atoms. The quantitative estimate of drug-likeness (QED) is 0.198. The van der Waals surface area contributed by atoms with Crippen LogP contribution in [-0.4, -0.2) is 42.9 Å². The van der Waals surface area contributed by atoms with Crippen molar-refractivity contribution in [1.82, 2.24) is 29.7 Å². The summed E-state index contributed by atoms with van der Waals surface area (Å²) in [5, 5.41) is 4.99. The third kappa shape index (κ3) is 8.14. The van der Waals surface area contributed by atoms with Crippen molar-refractivity contribution < 1.29 is 31.1 Å². The number of rotatable bonds is 8. The predicted octanol–water partition coefficient (Wildman–Crippen LogP) is 4.01. The standard InChI is InChI=1S/C18H17ClF3N5O2.C5H4F3N3O/c19-12-8-24-16(26-15(12)23)10-7-14-11(6-13(10)20)17(28)27(9-25-14)4-2-1-3-5-29-18(21)22;6-5(7,8)3-2(9)1-10-11-4(3)12/h6-9,18H,1-5H2,(H2,23,24,26);1H,(H3,9,11,12). The summed E-state index contributed by atoms with van der Waals surface area (Å²) in [6, 6.07) is 2.46. The number of benzene rings is 1. The molecule has 41 heavy (non-hydrogen) atoms. The number of alkyl halides is 5. The van der Waals surface area contributed by atoms with E-state index in [9.17, 15) is 35.9 Å². The molecule has 0 bridgehead atoms. The first kappa shape index (κ1) is 31.3. The van der Waals surface area contributed by atoms with Crippen LogP contribution >= 0.6 is 11.6 Å². The molecule has 0 aliphatic rings. The molecule has 0 amide bonds. The van der Waals surface area contributed by atoms with Gasteiger partial charge in [-0.3, -0.25) is 14.2 Å². The van der Waals surface area contributed by atoms with Crippen molar-refractivity contribution in [3.8, 4) is 11.4 Å². The van der Waals surface area contributed by atoms with Crippen LogP contribution in [0.1, 0.15) is 24.8 Å². The number of fused-ring (bicyclic) bond motifs is 1. The number of nitrogen functional groups attached to an aromatic ring is 2. The molecule has 4 aromatic rings. The van der Waals surface area contributed by atoms with Crippen LogP contribution < -0.4 is 22.6 Å². The molecule has 0 radical (unpaired) electrons. The van der Waals surface area contributed by atoms with Crippen LogP contribution in [0.15, 0.2) is 40.4 Å². The number of hydrogen-bond acceptors (Lipinski definition) is 9. The highest BCUT2D eigenvalue weighted by Crippen LogP contribution is 2.29. The molecule has 3 heterocycles. The molecule has 0 unspecified atom stereocenters. The van der Waals surface area contributed by atoms with E-state index in [-0.39, 0.29) is 39.7 Å². The molecule has 220 valence electrons. The summed E-state index contributed by atoms with van der Waals surface area (Å²) in [6.07, 6.45) is 0.241. The van der Waals surface area contributed by atoms with Gasteiger partial charge in [0.05, 0.1) is 47.5 Å². The van der Waals surface area contributed by atoms with Crippen molar-refractivity contribution in [2.24, 2.45) is 0 Å². The fourth-order valence-electron chi connectivity index (χ4n) is 3.46. The van der Waals surface area contributed by atoms with Crippen molar-refractivity contribution in [2.45, 2.75) is 38.6 Å². The van der Waals surface area contributed by atoms with Gasteiger partial charge in [-0.1, -0.05) is 11.6 Å². The van der Waals surface area contributed by atoms with Crippen LogP contribution in [0.4, 0.5) is 37.8 Å². The first-order valence-electron chi connectivity index (χ1n) is 11.6. The van der Waals surface area contributed by atoms with Gasteiger partial charge >= 0.3 is 12.8 Å². The van der Waals surface area contributed by atoms with Gasteiger partial charge in [-0.15, -0.1) is 0 Å². The Hall–Kier alpha value is -4.25. The molecule has 0 atom stereocenters. The zero-order valence-corrected chi connectivity index (χ0v) is 21.5. The molecule has 4 rings (SSSR count). The minimum atomic E-state index is -4.74. The van der Waals surface area contributed by atoms with Gasteiger partial charge in [0, 0.05) is 6.54 Å². The molecule has 0 saturated carbocycles. The van der Waals surface area contributed by atoms with Gasteiger partial charge in [-0.2, -0.15) is 27.1 Å². The summed E-state index contributed by atoms with van der Waals surface area (Å²) >= 11 is 5.78. The summed E-state index contributed by atoms with van der Waals surface area (Å²) in [5.74, 6) is -0.651. The number of nitrogens with zero attached hydrogens (tertiary/aromatic N) is 5. The highest BCUT2D eigenvalue weighted by molar-refractivity contribution is 6.32. The van der Waals surface area contributed by atoms with Gasteiger partial charge in [0.25, 0.3) is 11.1 Å². The van der Waals surface area contributed by atoms with E-state index >= 15 is 0 Å². The van der Waals surface area contributed by atoms with Crippen molar-refractivity contribution in [1.29, 1.82) is 0 Å². The summed E-state index contributed by atoms with van der Waals surface area (Å²) in [7, 11) is 0. The molecular weight excluding hydrogens is 586 g/mol. The van der Waals surface area contributed by atoms with Crippen molar-refractivity contribution in [3.63, 3.8) is 0 Å². The fraction of sp³-hybridized carbons (Fsp3) is 0.304. The number of aromatic nitrogens is 6. The average Bonchev–Trinajstić information content (AvgIpc) is 2.88. The van der Waals surface area contributed by atoms with E-state index in [1.165, 1.54) is 23.2 Å². The molecule has 5 N–H and O–H groups in total. The molecule has 3 aromatic heterocycles. The zero-order chi connectivity index (χ0) is 30.3. The molecule has 18 heteroatoms. The maximum absolute atomic E-state index is 14.6. The first-order chi connectivity index (χ1) is 19.3. The Morgan fingerprint density at radius 1 is 1.07 bits per heavy atom. The number of halogens is 7. The lowest BCUT2D eigenvalue weighted by Crippen LogP contribution is -2.24. The van der Waals surface area contributed by atoms with Gasteiger partial charge in [-0.05, 0) is 31.4 Å².